The van der Waals surface area contributed by atoms with Gasteiger partial charge in [0.05, 0.1) is 6.10 Å². The third-order valence-electron chi connectivity index (χ3n) is 5.97. The van der Waals surface area contributed by atoms with Gasteiger partial charge in [0.15, 0.2) is 0 Å². The highest BCUT2D eigenvalue weighted by molar-refractivity contribution is 5.09. The normalized spacial score (nSPS) is 47.1. The molecule has 21 heavy (non-hydrogen) atoms. The minimum Gasteiger partial charge on any atom is -0.392 e. The number of alkyl halides is 2. The summed E-state index contributed by atoms with van der Waals surface area (Å²) in [7, 11) is 2.09. The molecule has 0 aromatic rings. The fourth-order valence-electron chi connectivity index (χ4n) is 5.29. The number of halogens is 2. The van der Waals surface area contributed by atoms with Gasteiger partial charge >= 0.3 is 0 Å². The van der Waals surface area contributed by atoms with Gasteiger partial charge in [-0.2, -0.15) is 0 Å². The number of nitrogens with zero attached hydrogens (tertiary/aromatic N) is 1. The van der Waals surface area contributed by atoms with Gasteiger partial charge in [-0.25, -0.2) is 8.78 Å². The Hall–Kier alpha value is -0.220. The third-order valence-corrected chi connectivity index (χ3v) is 5.97. The Bertz CT molecular complexity index is 361. The summed E-state index contributed by atoms with van der Waals surface area (Å²) in [6.07, 6.45) is -0.913. The highest BCUT2D eigenvalue weighted by atomic mass is 19.2. The minimum atomic E-state index is -1.57. The van der Waals surface area contributed by atoms with Crippen molar-refractivity contribution in [3.8, 4) is 0 Å². The number of hydrogen-bond acceptors (Lipinski definition) is 2. The van der Waals surface area contributed by atoms with Crippen LogP contribution in [0.15, 0.2) is 0 Å². The highest BCUT2D eigenvalue weighted by Crippen LogP contribution is 2.56. The van der Waals surface area contributed by atoms with E-state index in [1.165, 1.54) is 6.92 Å². The van der Waals surface area contributed by atoms with Crippen molar-refractivity contribution < 1.29 is 13.9 Å². The Morgan fingerprint density at radius 1 is 1.38 bits per heavy atom. The molecule has 1 saturated carbocycles. The lowest BCUT2D eigenvalue weighted by atomic mass is 9.56. The van der Waals surface area contributed by atoms with Crippen LogP contribution in [0.25, 0.3) is 0 Å². The van der Waals surface area contributed by atoms with Crippen molar-refractivity contribution >= 4 is 0 Å². The molecule has 1 N–H and O–H groups in total. The van der Waals surface area contributed by atoms with Crippen molar-refractivity contribution in [1.29, 1.82) is 0 Å². The molecule has 1 heterocycles. The number of aliphatic hydroxyl groups excluding tert-OH is 1. The minimum absolute atomic E-state index is 0.0167. The van der Waals surface area contributed by atoms with Crippen molar-refractivity contribution in [3.63, 3.8) is 0 Å². The second-order valence-electron chi connectivity index (χ2n) is 7.82. The quantitative estimate of drug-likeness (QED) is 0.860. The van der Waals surface area contributed by atoms with Crippen LogP contribution in [0.1, 0.15) is 47.0 Å². The lowest BCUT2D eigenvalue weighted by Crippen LogP contribution is -2.54. The topological polar surface area (TPSA) is 23.5 Å². The smallest absolute Gasteiger partial charge is 0.136 e. The zero-order valence-corrected chi connectivity index (χ0v) is 14.0. The Kier molecular flexibility index (Phi) is 4.99. The molecule has 6 unspecified atom stereocenters. The maximum absolute atomic E-state index is 14.6. The first-order chi connectivity index (χ1) is 9.73. The van der Waals surface area contributed by atoms with Gasteiger partial charge in [0.2, 0.25) is 0 Å². The summed E-state index contributed by atoms with van der Waals surface area (Å²) in [4.78, 5) is 2.31. The zero-order valence-electron chi connectivity index (χ0n) is 14.0. The molecule has 1 aliphatic carbocycles. The van der Waals surface area contributed by atoms with Gasteiger partial charge in [0, 0.05) is 18.5 Å². The first-order valence-corrected chi connectivity index (χ1v) is 8.39. The second kappa shape index (κ2) is 6.11. The molecule has 0 radical (unpaired) electrons. The molecule has 0 aromatic carbocycles. The standard InChI is InChI=1S/C17H31F2NO/c1-6-7-12-14-13(15(19)11(3)18)16(21)10(2)8-17(14,4)9-20(12)5/h10-16,21H,6-9H2,1-5H3/t10?,11?,12-,13?,14?,15?,16-,17?/m1/s1. The molecule has 2 nitrogen and oxygen atoms in total. The molecule has 124 valence electrons. The molecule has 2 aliphatic rings. The molecule has 1 aliphatic heterocycles. The van der Waals surface area contributed by atoms with Gasteiger partial charge in [-0.3, -0.25) is 0 Å². The first-order valence-electron chi connectivity index (χ1n) is 8.39. The van der Waals surface area contributed by atoms with E-state index in [-0.39, 0.29) is 23.3 Å². The Morgan fingerprint density at radius 2 is 2.00 bits per heavy atom. The van der Waals surface area contributed by atoms with E-state index in [1.54, 1.807) is 0 Å². The molecule has 2 rings (SSSR count). The Labute approximate surface area is 127 Å². The summed E-state index contributed by atoms with van der Waals surface area (Å²) in [6, 6.07) is 0.254. The van der Waals surface area contributed by atoms with Gasteiger partial charge in [-0.05, 0) is 44.1 Å². The fraction of sp³-hybridized carbons (Fsp3) is 1.00. The molecule has 4 heteroatoms. The van der Waals surface area contributed by atoms with E-state index < -0.39 is 24.4 Å². The molecular weight excluding hydrogens is 272 g/mol. The predicted octanol–water partition coefficient (Wildman–Crippen LogP) is 3.44. The monoisotopic (exact) mass is 303 g/mol. The van der Waals surface area contributed by atoms with Crippen LogP contribution in [0.2, 0.25) is 0 Å². The van der Waals surface area contributed by atoms with Gasteiger partial charge in [-0.15, -0.1) is 0 Å². The van der Waals surface area contributed by atoms with Crippen LogP contribution in [0, 0.1) is 23.2 Å². The fourth-order valence-corrected chi connectivity index (χ4v) is 5.29. The molecular formula is C17H31F2NO. The maximum Gasteiger partial charge on any atom is 0.136 e. The molecule has 0 spiro atoms. The highest BCUT2D eigenvalue weighted by Gasteiger charge is 2.59. The van der Waals surface area contributed by atoms with Crippen molar-refractivity contribution in [2.24, 2.45) is 23.2 Å². The Morgan fingerprint density at radius 3 is 2.52 bits per heavy atom. The van der Waals surface area contributed by atoms with Crippen LogP contribution in [-0.4, -0.2) is 48.1 Å². The summed E-state index contributed by atoms with van der Waals surface area (Å²) >= 11 is 0. The number of likely N-dealkylation sites (tertiary alicyclic amines) is 1. The second-order valence-corrected chi connectivity index (χ2v) is 7.82. The lowest BCUT2D eigenvalue weighted by molar-refractivity contribution is -0.106. The van der Waals surface area contributed by atoms with Crippen molar-refractivity contribution in [3.05, 3.63) is 0 Å². The van der Waals surface area contributed by atoms with Crippen molar-refractivity contribution in [1.82, 2.24) is 4.90 Å². The molecule has 0 aromatic heterocycles. The summed E-state index contributed by atoms with van der Waals surface area (Å²) in [5.41, 5.74) is -0.0167. The number of fused-ring (bicyclic) bond motifs is 1. The molecule has 0 amide bonds. The average Bonchev–Trinajstić information content (AvgIpc) is 2.62. The SMILES string of the molecule is CCC[C@@H]1C2C(C(F)C(C)F)[C@H](O)C(C)CC2(C)CN1C. The van der Waals surface area contributed by atoms with Gasteiger partial charge in [0.25, 0.3) is 0 Å². The third kappa shape index (κ3) is 2.86. The van der Waals surface area contributed by atoms with E-state index in [0.717, 1.165) is 25.8 Å². The van der Waals surface area contributed by atoms with Crippen molar-refractivity contribution in [2.45, 2.75) is 71.4 Å². The molecule has 8 atom stereocenters. The molecule has 1 saturated heterocycles. The van der Waals surface area contributed by atoms with Crippen molar-refractivity contribution in [2.75, 3.05) is 13.6 Å². The van der Waals surface area contributed by atoms with Gasteiger partial charge in [-0.1, -0.05) is 27.2 Å². The summed E-state index contributed by atoms with van der Waals surface area (Å²) in [5.74, 6) is -0.510. The average molecular weight is 303 g/mol. The summed E-state index contributed by atoms with van der Waals surface area (Å²) in [5, 5.41) is 10.6. The summed E-state index contributed by atoms with van der Waals surface area (Å²) < 4.78 is 28.3. The van der Waals surface area contributed by atoms with Gasteiger partial charge < -0.3 is 10.0 Å². The summed E-state index contributed by atoms with van der Waals surface area (Å²) in [6.45, 7) is 8.51. The zero-order chi connectivity index (χ0) is 15.9. The van der Waals surface area contributed by atoms with Crippen LogP contribution >= 0.6 is 0 Å². The Balaban J connectivity index is 2.38. The van der Waals surface area contributed by atoms with Crippen LogP contribution in [-0.2, 0) is 0 Å². The van der Waals surface area contributed by atoms with E-state index in [9.17, 15) is 13.9 Å². The van der Waals surface area contributed by atoms with Crippen LogP contribution < -0.4 is 0 Å². The molecule has 0 bridgehead atoms. The van der Waals surface area contributed by atoms with E-state index in [2.05, 4.69) is 25.8 Å². The lowest BCUT2D eigenvalue weighted by Gasteiger charge is -2.50. The van der Waals surface area contributed by atoms with E-state index >= 15 is 0 Å². The van der Waals surface area contributed by atoms with Crippen LogP contribution in [0.3, 0.4) is 0 Å². The number of aliphatic hydroxyl groups is 1. The number of rotatable bonds is 4. The molecule has 2 fully saturated rings. The first kappa shape index (κ1) is 17.1. The van der Waals surface area contributed by atoms with Crippen LogP contribution in [0.4, 0.5) is 8.78 Å². The largest absolute Gasteiger partial charge is 0.392 e. The number of hydrogen-bond donors (Lipinski definition) is 1. The van der Waals surface area contributed by atoms with Crippen LogP contribution in [0.5, 0.6) is 0 Å². The van der Waals surface area contributed by atoms with E-state index in [4.69, 9.17) is 0 Å². The predicted molar refractivity (Wildman–Crippen MR) is 81.7 cm³/mol. The van der Waals surface area contributed by atoms with E-state index in [1.807, 2.05) is 6.92 Å². The maximum atomic E-state index is 14.6. The van der Waals surface area contributed by atoms with Gasteiger partial charge in [0.1, 0.15) is 12.3 Å². The van der Waals surface area contributed by atoms with E-state index in [0.29, 0.717) is 0 Å².